The van der Waals surface area contributed by atoms with Gasteiger partial charge in [-0.15, -0.1) is 0 Å². The molecule has 178 valence electrons. The Hall–Kier alpha value is -3.38. The predicted octanol–water partition coefficient (Wildman–Crippen LogP) is 7.18. The molecule has 1 aliphatic rings. The summed E-state index contributed by atoms with van der Waals surface area (Å²) in [5.74, 6) is 0.481. The number of rotatable bonds is 7. The summed E-state index contributed by atoms with van der Waals surface area (Å²) in [6.07, 6.45) is 3.20. The second-order valence-electron chi connectivity index (χ2n) is 8.86. The summed E-state index contributed by atoms with van der Waals surface area (Å²) in [5.41, 5.74) is 3.07. The zero-order valence-corrected chi connectivity index (χ0v) is 21.3. The highest BCUT2D eigenvalue weighted by molar-refractivity contribution is 9.10. The van der Waals surface area contributed by atoms with Crippen molar-refractivity contribution in [3.05, 3.63) is 104 Å². The van der Waals surface area contributed by atoms with Crippen molar-refractivity contribution in [2.75, 3.05) is 11.5 Å². The van der Waals surface area contributed by atoms with Gasteiger partial charge in [0.15, 0.2) is 5.43 Å². The number of carbonyl (C=O) groups is 1. The Kier molecular flexibility index (Phi) is 6.48. The molecule has 0 bridgehead atoms. The molecule has 1 aliphatic heterocycles. The molecule has 0 N–H and O–H groups in total. The van der Waals surface area contributed by atoms with Crippen LogP contribution in [-0.4, -0.2) is 12.5 Å². The highest BCUT2D eigenvalue weighted by atomic mass is 79.9. The van der Waals surface area contributed by atoms with Gasteiger partial charge in [0.1, 0.15) is 11.3 Å². The van der Waals surface area contributed by atoms with E-state index in [-0.39, 0.29) is 17.1 Å². The molecule has 4 aromatic rings. The fourth-order valence-corrected chi connectivity index (χ4v) is 4.98. The van der Waals surface area contributed by atoms with Crippen LogP contribution in [0.3, 0.4) is 0 Å². The van der Waals surface area contributed by atoms with Crippen LogP contribution in [0.15, 0.2) is 80.4 Å². The summed E-state index contributed by atoms with van der Waals surface area (Å²) < 4.78 is 12.8. The largest absolute Gasteiger partial charge is 0.494 e. The highest BCUT2D eigenvalue weighted by Gasteiger charge is 2.43. The third kappa shape index (κ3) is 4.39. The second kappa shape index (κ2) is 9.70. The molecule has 5 rings (SSSR count). The number of hydrogen-bond donors (Lipinski definition) is 0. The smallest absolute Gasteiger partial charge is 0.295 e. The average molecular weight is 532 g/mol. The summed E-state index contributed by atoms with van der Waals surface area (Å²) in [7, 11) is 0. The van der Waals surface area contributed by atoms with Crippen molar-refractivity contribution >= 4 is 38.5 Å². The van der Waals surface area contributed by atoms with Gasteiger partial charge in [0.2, 0.25) is 5.76 Å². The summed E-state index contributed by atoms with van der Waals surface area (Å²) >= 11 is 3.45. The molecule has 1 unspecified atom stereocenters. The van der Waals surface area contributed by atoms with Crippen molar-refractivity contribution in [1.82, 2.24) is 0 Å². The number of aryl methyl sites for hydroxylation is 1. The van der Waals surface area contributed by atoms with Crippen LogP contribution in [0, 0.1) is 6.92 Å². The van der Waals surface area contributed by atoms with Crippen LogP contribution < -0.4 is 15.1 Å². The Labute approximate surface area is 212 Å². The van der Waals surface area contributed by atoms with E-state index in [4.69, 9.17) is 9.15 Å². The minimum atomic E-state index is -0.627. The molecule has 6 heteroatoms. The van der Waals surface area contributed by atoms with Gasteiger partial charge in [-0.05, 0) is 66.9 Å². The second-order valence-corrected chi connectivity index (χ2v) is 9.77. The molecule has 0 radical (unpaired) electrons. The maximum Gasteiger partial charge on any atom is 0.295 e. The van der Waals surface area contributed by atoms with Crippen molar-refractivity contribution in [3.8, 4) is 5.75 Å². The number of unbranched alkanes of at least 4 members (excludes halogenated alkanes) is 2. The molecule has 3 aromatic carbocycles. The van der Waals surface area contributed by atoms with E-state index in [0.717, 1.165) is 40.6 Å². The molecule has 1 amide bonds. The number of anilines is 1. The lowest BCUT2D eigenvalue weighted by Gasteiger charge is -2.26. The third-order valence-corrected chi connectivity index (χ3v) is 6.80. The first-order chi connectivity index (χ1) is 17.0. The maximum atomic E-state index is 13.8. The van der Waals surface area contributed by atoms with Crippen LogP contribution in [0.2, 0.25) is 0 Å². The number of amides is 1. The van der Waals surface area contributed by atoms with Crippen molar-refractivity contribution < 1.29 is 13.9 Å². The van der Waals surface area contributed by atoms with Crippen molar-refractivity contribution in [3.63, 3.8) is 0 Å². The molecule has 0 aliphatic carbocycles. The molecular weight excluding hydrogens is 506 g/mol. The normalized spacial score (nSPS) is 15.0. The van der Waals surface area contributed by atoms with Crippen LogP contribution in [0.5, 0.6) is 5.75 Å². The quantitative estimate of drug-likeness (QED) is 0.237. The van der Waals surface area contributed by atoms with Crippen molar-refractivity contribution in [2.24, 2.45) is 0 Å². The number of benzene rings is 3. The van der Waals surface area contributed by atoms with Crippen LogP contribution in [-0.2, 0) is 0 Å². The minimum absolute atomic E-state index is 0.0885. The molecule has 1 atom stereocenters. The van der Waals surface area contributed by atoms with Gasteiger partial charge in [-0.25, -0.2) is 0 Å². The fraction of sp³-hybridized carbons (Fsp3) is 0.241. The van der Waals surface area contributed by atoms with E-state index in [2.05, 4.69) is 22.9 Å². The lowest BCUT2D eigenvalue weighted by molar-refractivity contribution is 0.0971. The van der Waals surface area contributed by atoms with Crippen molar-refractivity contribution in [2.45, 2.75) is 39.2 Å². The predicted molar refractivity (Wildman–Crippen MR) is 141 cm³/mol. The molecule has 0 spiro atoms. The van der Waals surface area contributed by atoms with Crippen LogP contribution in [0.1, 0.15) is 59.5 Å². The topological polar surface area (TPSA) is 59.8 Å². The molecule has 0 saturated carbocycles. The summed E-state index contributed by atoms with van der Waals surface area (Å²) in [6, 6.07) is 20.0. The van der Waals surface area contributed by atoms with Gasteiger partial charge < -0.3 is 9.15 Å². The monoisotopic (exact) mass is 531 g/mol. The molecule has 1 aromatic heterocycles. The van der Waals surface area contributed by atoms with Crippen LogP contribution in [0.25, 0.3) is 11.0 Å². The van der Waals surface area contributed by atoms with E-state index in [1.165, 1.54) is 0 Å². The first-order valence-electron chi connectivity index (χ1n) is 11.9. The number of fused-ring (bicyclic) bond motifs is 2. The summed E-state index contributed by atoms with van der Waals surface area (Å²) in [4.78, 5) is 29.2. The summed E-state index contributed by atoms with van der Waals surface area (Å²) in [6.45, 7) is 4.76. The Morgan fingerprint density at radius 2 is 1.83 bits per heavy atom. The van der Waals surface area contributed by atoms with Crippen LogP contribution in [0.4, 0.5) is 5.69 Å². The number of nitrogens with zero attached hydrogens (tertiary/aromatic N) is 1. The van der Waals surface area contributed by atoms with E-state index < -0.39 is 6.04 Å². The third-order valence-electron chi connectivity index (χ3n) is 6.30. The molecule has 0 saturated heterocycles. The van der Waals surface area contributed by atoms with E-state index in [1.807, 2.05) is 55.5 Å². The minimum Gasteiger partial charge on any atom is -0.494 e. The first kappa shape index (κ1) is 23.4. The van der Waals surface area contributed by atoms with Gasteiger partial charge in [-0.3, -0.25) is 14.5 Å². The van der Waals surface area contributed by atoms with Crippen molar-refractivity contribution in [1.29, 1.82) is 0 Å². The molecular formula is C29H26BrNO4. The SMILES string of the molecule is CCCCCOc1cccc(C2c3c(oc4ccc(Br)cc4c3=O)C(=O)N2c2cccc(C)c2)c1. The van der Waals surface area contributed by atoms with E-state index in [1.54, 1.807) is 23.1 Å². The van der Waals surface area contributed by atoms with Gasteiger partial charge in [0.05, 0.1) is 23.6 Å². The van der Waals surface area contributed by atoms with Crippen LogP contribution >= 0.6 is 15.9 Å². The Morgan fingerprint density at radius 3 is 2.63 bits per heavy atom. The standard InChI is InChI=1S/C29H26BrNO4/c1-3-4-5-14-34-22-11-7-9-19(16-22)26-25-27(32)23-17-20(30)12-13-24(23)35-28(25)29(33)31(26)21-10-6-8-18(2)15-21/h6-13,15-17,26H,3-5,14H2,1-2H3. The zero-order valence-electron chi connectivity index (χ0n) is 19.7. The number of halogens is 1. The van der Waals surface area contributed by atoms with Gasteiger partial charge in [0, 0.05) is 10.2 Å². The first-order valence-corrected chi connectivity index (χ1v) is 12.7. The molecule has 35 heavy (non-hydrogen) atoms. The van der Waals surface area contributed by atoms with Gasteiger partial charge in [0.25, 0.3) is 5.91 Å². The lowest BCUT2D eigenvalue weighted by Crippen LogP contribution is -2.29. The fourth-order valence-electron chi connectivity index (χ4n) is 4.62. The molecule has 5 nitrogen and oxygen atoms in total. The number of hydrogen-bond acceptors (Lipinski definition) is 4. The molecule has 0 fully saturated rings. The maximum absolute atomic E-state index is 13.8. The summed E-state index contributed by atoms with van der Waals surface area (Å²) in [5, 5.41) is 0.439. The van der Waals surface area contributed by atoms with Gasteiger partial charge in [-0.1, -0.05) is 60.0 Å². The average Bonchev–Trinajstić information content (AvgIpc) is 3.15. The van der Waals surface area contributed by atoms with Gasteiger partial charge >= 0.3 is 0 Å². The zero-order chi connectivity index (χ0) is 24.5. The number of carbonyl (C=O) groups excluding carboxylic acids is 1. The Bertz CT molecular complexity index is 1480. The van der Waals surface area contributed by atoms with E-state index >= 15 is 0 Å². The number of ether oxygens (including phenoxy) is 1. The Morgan fingerprint density at radius 1 is 1.00 bits per heavy atom. The molecule has 2 heterocycles. The van der Waals surface area contributed by atoms with Gasteiger partial charge in [-0.2, -0.15) is 0 Å². The lowest BCUT2D eigenvalue weighted by atomic mass is 9.98. The highest BCUT2D eigenvalue weighted by Crippen LogP contribution is 2.42. The van der Waals surface area contributed by atoms with E-state index in [0.29, 0.717) is 28.8 Å². The van der Waals surface area contributed by atoms with E-state index in [9.17, 15) is 9.59 Å². The Balaban J connectivity index is 1.68.